The second kappa shape index (κ2) is 7.19. The topological polar surface area (TPSA) is 73.8 Å². The van der Waals surface area contributed by atoms with Crippen molar-refractivity contribution in [2.75, 3.05) is 44.7 Å². The molecule has 21 heavy (non-hydrogen) atoms. The highest BCUT2D eigenvalue weighted by Crippen LogP contribution is 2.36. The zero-order valence-corrected chi connectivity index (χ0v) is 14.5. The van der Waals surface area contributed by atoms with E-state index in [1.54, 1.807) is 11.4 Å². The molecule has 0 radical (unpaired) electrons. The zero-order chi connectivity index (χ0) is 15.3. The van der Waals surface area contributed by atoms with Gasteiger partial charge in [0.2, 0.25) is 10.0 Å². The lowest BCUT2D eigenvalue weighted by Gasteiger charge is -2.24. The minimum absolute atomic E-state index is 0.287. The van der Waals surface area contributed by atoms with E-state index in [9.17, 15) is 8.42 Å². The van der Waals surface area contributed by atoms with Crippen molar-refractivity contribution in [2.24, 2.45) is 4.99 Å². The van der Waals surface area contributed by atoms with Gasteiger partial charge in [-0.1, -0.05) is 0 Å². The van der Waals surface area contributed by atoms with Crippen LogP contribution >= 0.6 is 11.8 Å². The number of guanidine groups is 1. The Bertz CT molecular complexity index is 473. The van der Waals surface area contributed by atoms with E-state index in [0.29, 0.717) is 19.6 Å². The molecule has 0 aliphatic carbocycles. The molecule has 0 amide bonds. The lowest BCUT2D eigenvalue weighted by atomic mass is 10.1. The van der Waals surface area contributed by atoms with Gasteiger partial charge in [-0.15, -0.1) is 0 Å². The van der Waals surface area contributed by atoms with E-state index in [1.807, 2.05) is 11.8 Å². The van der Waals surface area contributed by atoms with Crippen molar-refractivity contribution < 1.29 is 8.42 Å². The van der Waals surface area contributed by atoms with Crippen molar-refractivity contribution in [2.45, 2.75) is 30.9 Å². The Kier molecular flexibility index (Phi) is 5.79. The maximum absolute atomic E-state index is 11.7. The van der Waals surface area contributed by atoms with Crippen molar-refractivity contribution >= 4 is 27.7 Å². The van der Waals surface area contributed by atoms with Crippen molar-refractivity contribution in [1.82, 2.24) is 14.9 Å². The molecule has 6 nitrogen and oxygen atoms in total. The van der Waals surface area contributed by atoms with Crippen LogP contribution in [-0.2, 0) is 10.0 Å². The first kappa shape index (κ1) is 16.9. The minimum atomic E-state index is -3.00. The van der Waals surface area contributed by atoms with Crippen LogP contribution in [0.15, 0.2) is 4.99 Å². The Morgan fingerprint density at radius 3 is 2.76 bits per heavy atom. The molecule has 1 unspecified atom stereocenters. The summed E-state index contributed by atoms with van der Waals surface area (Å²) in [5.74, 6) is 2.27. The Labute approximate surface area is 132 Å². The quantitative estimate of drug-likeness (QED) is 0.565. The van der Waals surface area contributed by atoms with Gasteiger partial charge in [0.15, 0.2) is 5.96 Å². The summed E-state index contributed by atoms with van der Waals surface area (Å²) in [6.07, 6.45) is 3.25. The van der Waals surface area contributed by atoms with Crippen molar-refractivity contribution in [1.29, 1.82) is 0 Å². The van der Waals surface area contributed by atoms with E-state index in [0.717, 1.165) is 18.9 Å². The molecule has 2 rings (SSSR count). The number of rotatable bonds is 5. The van der Waals surface area contributed by atoms with E-state index in [4.69, 9.17) is 0 Å². The fourth-order valence-electron chi connectivity index (χ4n) is 2.71. The molecule has 0 aromatic heterocycles. The van der Waals surface area contributed by atoms with E-state index >= 15 is 0 Å². The van der Waals surface area contributed by atoms with Gasteiger partial charge < -0.3 is 10.6 Å². The number of nitrogens with one attached hydrogen (secondary N) is 2. The van der Waals surface area contributed by atoms with Gasteiger partial charge in [0.1, 0.15) is 0 Å². The second-order valence-corrected chi connectivity index (χ2v) is 9.59. The molecule has 0 spiro atoms. The smallest absolute Gasteiger partial charge is 0.214 e. The van der Waals surface area contributed by atoms with Crippen LogP contribution in [0.25, 0.3) is 0 Å². The predicted octanol–water partition coefficient (Wildman–Crippen LogP) is 0.473. The molecule has 122 valence electrons. The minimum Gasteiger partial charge on any atom is -0.355 e. The Morgan fingerprint density at radius 1 is 1.38 bits per heavy atom. The molecule has 1 atom stereocenters. The highest BCUT2D eigenvalue weighted by atomic mass is 32.2. The third-order valence-electron chi connectivity index (χ3n) is 4.01. The summed E-state index contributed by atoms with van der Waals surface area (Å²) in [5.41, 5.74) is 0. The Morgan fingerprint density at radius 2 is 2.19 bits per heavy atom. The van der Waals surface area contributed by atoms with Crippen LogP contribution in [0.3, 0.4) is 0 Å². The summed E-state index contributed by atoms with van der Waals surface area (Å²) < 4.78 is 25.2. The van der Waals surface area contributed by atoms with Gasteiger partial charge in [0.05, 0.1) is 5.75 Å². The van der Waals surface area contributed by atoms with Gasteiger partial charge in [-0.3, -0.25) is 4.99 Å². The number of sulfonamides is 1. The lowest BCUT2D eigenvalue weighted by molar-refractivity contribution is 0.444. The first-order chi connectivity index (χ1) is 9.95. The first-order valence-electron chi connectivity index (χ1n) is 7.51. The summed E-state index contributed by atoms with van der Waals surface area (Å²) in [6, 6.07) is 0. The molecular weight excluding hydrogens is 308 g/mol. The SMILES string of the molecule is CN=C(NCCN1CCCS1(=O)=O)NCC1(C)CCCS1. The van der Waals surface area contributed by atoms with Gasteiger partial charge >= 0.3 is 0 Å². The fourth-order valence-corrected chi connectivity index (χ4v) is 5.48. The summed E-state index contributed by atoms with van der Waals surface area (Å²) in [5, 5.41) is 6.55. The van der Waals surface area contributed by atoms with E-state index < -0.39 is 10.0 Å². The molecule has 2 heterocycles. The molecule has 0 aromatic rings. The van der Waals surface area contributed by atoms with E-state index in [2.05, 4.69) is 22.5 Å². The van der Waals surface area contributed by atoms with Gasteiger partial charge in [0.25, 0.3) is 0 Å². The molecule has 2 N–H and O–H groups in total. The molecule has 2 aliphatic rings. The largest absolute Gasteiger partial charge is 0.355 e. The molecule has 2 fully saturated rings. The van der Waals surface area contributed by atoms with Gasteiger partial charge in [-0.25, -0.2) is 12.7 Å². The van der Waals surface area contributed by atoms with Crippen molar-refractivity contribution in [3.63, 3.8) is 0 Å². The van der Waals surface area contributed by atoms with Gasteiger partial charge in [-0.05, 0) is 31.9 Å². The van der Waals surface area contributed by atoms with Crippen LogP contribution in [0.2, 0.25) is 0 Å². The summed E-state index contributed by atoms with van der Waals surface area (Å²) in [6.45, 7) is 4.91. The zero-order valence-electron chi connectivity index (χ0n) is 12.9. The average Bonchev–Trinajstić information content (AvgIpc) is 3.00. The maximum atomic E-state index is 11.7. The van der Waals surface area contributed by atoms with Crippen LogP contribution in [0.5, 0.6) is 0 Å². The molecule has 2 saturated heterocycles. The fraction of sp³-hybridized carbons (Fsp3) is 0.923. The van der Waals surface area contributed by atoms with Crippen LogP contribution in [0.1, 0.15) is 26.2 Å². The van der Waals surface area contributed by atoms with Crippen molar-refractivity contribution in [3.8, 4) is 0 Å². The van der Waals surface area contributed by atoms with E-state index in [1.165, 1.54) is 18.6 Å². The summed E-state index contributed by atoms with van der Waals surface area (Å²) >= 11 is 2.01. The number of aliphatic imine (C=N–C) groups is 1. The Balaban J connectivity index is 1.71. The first-order valence-corrected chi connectivity index (χ1v) is 10.1. The number of thioether (sulfide) groups is 1. The second-order valence-electron chi connectivity index (χ2n) is 5.82. The number of hydrogen-bond acceptors (Lipinski definition) is 4. The van der Waals surface area contributed by atoms with Crippen LogP contribution in [0.4, 0.5) is 0 Å². The highest BCUT2D eigenvalue weighted by molar-refractivity contribution is 8.00. The van der Waals surface area contributed by atoms with Gasteiger partial charge in [-0.2, -0.15) is 11.8 Å². The molecule has 0 saturated carbocycles. The summed E-state index contributed by atoms with van der Waals surface area (Å²) in [7, 11) is -1.26. The number of hydrogen-bond donors (Lipinski definition) is 2. The van der Waals surface area contributed by atoms with Crippen molar-refractivity contribution in [3.05, 3.63) is 0 Å². The molecule has 0 bridgehead atoms. The van der Waals surface area contributed by atoms with Gasteiger partial charge in [0, 0.05) is 38.0 Å². The standard InChI is InChI=1S/C13H26N4O2S2/c1-13(5-3-9-20-13)11-16-12(14-2)15-6-8-17-7-4-10-21(17,18)19/h3-11H2,1-2H3,(H2,14,15,16). The molecule has 2 aliphatic heterocycles. The summed E-state index contributed by atoms with van der Waals surface area (Å²) in [4.78, 5) is 4.20. The molecular formula is C13H26N4O2S2. The third-order valence-corrected chi connectivity index (χ3v) is 7.51. The monoisotopic (exact) mass is 334 g/mol. The van der Waals surface area contributed by atoms with E-state index in [-0.39, 0.29) is 10.5 Å². The van der Waals surface area contributed by atoms with Crippen LogP contribution < -0.4 is 10.6 Å². The number of nitrogens with zero attached hydrogens (tertiary/aromatic N) is 2. The highest BCUT2D eigenvalue weighted by Gasteiger charge is 2.30. The normalized spacial score (nSPS) is 29.7. The van der Waals surface area contributed by atoms with Crippen LogP contribution in [0, 0.1) is 0 Å². The third kappa shape index (κ3) is 4.75. The lowest BCUT2D eigenvalue weighted by Crippen LogP contribution is -2.45. The van der Waals surface area contributed by atoms with Crippen LogP contribution in [-0.4, -0.2) is 68.2 Å². The molecule has 0 aromatic carbocycles. The predicted molar refractivity (Wildman–Crippen MR) is 89.4 cm³/mol. The Hall–Kier alpha value is -0.470. The molecule has 8 heteroatoms. The average molecular weight is 335 g/mol. The maximum Gasteiger partial charge on any atom is 0.214 e.